The summed E-state index contributed by atoms with van der Waals surface area (Å²) in [6.07, 6.45) is -1.07. The van der Waals surface area contributed by atoms with Gasteiger partial charge in [-0.05, 0) is 49.7 Å². The third-order valence-corrected chi connectivity index (χ3v) is 3.82. The first-order valence-electron chi connectivity index (χ1n) is 7.11. The molecule has 0 saturated heterocycles. The van der Waals surface area contributed by atoms with Gasteiger partial charge >= 0.3 is 5.97 Å². The second-order valence-corrected chi connectivity index (χ2v) is 6.15. The van der Waals surface area contributed by atoms with Gasteiger partial charge in [-0.15, -0.1) is 0 Å². The number of amides is 1. The standard InChI is InChI=1S/C17H16BrFN2O3/c1-9-3-5-12(8-14(9)19)21-16(22)10(2)24-17(23)13-7-11(18)4-6-15(13)20/h3-8,10H,20H2,1-2H3,(H,21,22)/t10-/m0/s1. The zero-order valence-electron chi connectivity index (χ0n) is 13.1. The molecular weight excluding hydrogens is 379 g/mol. The van der Waals surface area contributed by atoms with E-state index in [0.29, 0.717) is 10.0 Å². The average Bonchev–Trinajstić information content (AvgIpc) is 2.53. The van der Waals surface area contributed by atoms with Crippen LogP contribution in [0.2, 0.25) is 0 Å². The molecule has 0 saturated carbocycles. The summed E-state index contributed by atoms with van der Waals surface area (Å²) >= 11 is 3.24. The van der Waals surface area contributed by atoms with E-state index in [-0.39, 0.29) is 16.9 Å². The lowest BCUT2D eigenvalue weighted by atomic mass is 10.2. The van der Waals surface area contributed by atoms with Crippen LogP contribution < -0.4 is 11.1 Å². The molecule has 2 aromatic rings. The van der Waals surface area contributed by atoms with Crippen LogP contribution in [0.3, 0.4) is 0 Å². The maximum absolute atomic E-state index is 13.5. The Balaban J connectivity index is 2.04. The molecule has 0 aliphatic heterocycles. The average molecular weight is 395 g/mol. The number of carbonyl (C=O) groups is 2. The molecule has 0 unspecified atom stereocenters. The van der Waals surface area contributed by atoms with Gasteiger partial charge in [0, 0.05) is 15.8 Å². The molecule has 2 aromatic carbocycles. The second kappa shape index (κ2) is 7.44. The van der Waals surface area contributed by atoms with Crippen molar-refractivity contribution < 1.29 is 18.7 Å². The number of carbonyl (C=O) groups excluding carboxylic acids is 2. The number of esters is 1. The highest BCUT2D eigenvalue weighted by Crippen LogP contribution is 2.20. The van der Waals surface area contributed by atoms with E-state index in [2.05, 4.69) is 21.2 Å². The van der Waals surface area contributed by atoms with Crippen LogP contribution in [0.5, 0.6) is 0 Å². The Morgan fingerprint density at radius 3 is 2.62 bits per heavy atom. The molecule has 0 aliphatic carbocycles. The highest BCUT2D eigenvalue weighted by Gasteiger charge is 2.21. The molecule has 0 heterocycles. The highest BCUT2D eigenvalue weighted by molar-refractivity contribution is 9.10. The zero-order valence-corrected chi connectivity index (χ0v) is 14.7. The van der Waals surface area contributed by atoms with Crippen molar-refractivity contribution in [1.29, 1.82) is 0 Å². The molecule has 0 bridgehead atoms. The van der Waals surface area contributed by atoms with Crippen molar-refractivity contribution >= 4 is 39.2 Å². The fourth-order valence-electron chi connectivity index (χ4n) is 1.90. The smallest absolute Gasteiger partial charge is 0.341 e. The second-order valence-electron chi connectivity index (χ2n) is 5.23. The van der Waals surface area contributed by atoms with Crippen LogP contribution in [0, 0.1) is 12.7 Å². The lowest BCUT2D eigenvalue weighted by Crippen LogP contribution is -2.30. The van der Waals surface area contributed by atoms with E-state index in [9.17, 15) is 14.0 Å². The molecule has 126 valence electrons. The van der Waals surface area contributed by atoms with E-state index in [0.717, 1.165) is 0 Å². The van der Waals surface area contributed by atoms with Gasteiger partial charge in [-0.2, -0.15) is 0 Å². The Labute approximate surface area is 147 Å². The van der Waals surface area contributed by atoms with Crippen molar-refractivity contribution in [1.82, 2.24) is 0 Å². The number of nitrogen functional groups attached to an aromatic ring is 1. The van der Waals surface area contributed by atoms with Crippen LogP contribution >= 0.6 is 15.9 Å². The molecular formula is C17H16BrFN2O3. The predicted molar refractivity (Wildman–Crippen MR) is 93.2 cm³/mol. The SMILES string of the molecule is Cc1ccc(NC(=O)[C@H](C)OC(=O)c2cc(Br)ccc2N)cc1F. The van der Waals surface area contributed by atoms with Crippen LogP contribution in [0.4, 0.5) is 15.8 Å². The fraction of sp³-hybridized carbons (Fsp3) is 0.176. The monoisotopic (exact) mass is 394 g/mol. The van der Waals surface area contributed by atoms with Crippen molar-refractivity contribution in [2.75, 3.05) is 11.1 Å². The number of aryl methyl sites for hydroxylation is 1. The summed E-state index contributed by atoms with van der Waals surface area (Å²) in [7, 11) is 0. The molecule has 0 aliphatic rings. The van der Waals surface area contributed by atoms with Gasteiger partial charge < -0.3 is 15.8 Å². The van der Waals surface area contributed by atoms with E-state index in [1.54, 1.807) is 31.2 Å². The van der Waals surface area contributed by atoms with Crippen LogP contribution in [-0.2, 0) is 9.53 Å². The van der Waals surface area contributed by atoms with E-state index in [1.165, 1.54) is 19.1 Å². The number of hydrogen-bond acceptors (Lipinski definition) is 4. The number of nitrogens with two attached hydrogens (primary N) is 1. The molecule has 1 amide bonds. The Hall–Kier alpha value is -2.41. The normalized spacial score (nSPS) is 11.7. The van der Waals surface area contributed by atoms with Crippen LogP contribution in [-0.4, -0.2) is 18.0 Å². The molecule has 0 radical (unpaired) electrons. The summed E-state index contributed by atoms with van der Waals surface area (Å²) in [5.74, 6) is -1.72. The van der Waals surface area contributed by atoms with E-state index in [4.69, 9.17) is 10.5 Å². The third-order valence-electron chi connectivity index (χ3n) is 3.33. The summed E-state index contributed by atoms with van der Waals surface area (Å²) in [6.45, 7) is 3.04. The molecule has 0 fully saturated rings. The van der Waals surface area contributed by atoms with Crippen LogP contribution in [0.1, 0.15) is 22.8 Å². The van der Waals surface area contributed by atoms with Crippen molar-refractivity contribution in [2.24, 2.45) is 0 Å². The number of ether oxygens (including phenoxy) is 1. The lowest BCUT2D eigenvalue weighted by Gasteiger charge is -2.14. The third kappa shape index (κ3) is 4.32. The Kier molecular flexibility index (Phi) is 5.56. The largest absolute Gasteiger partial charge is 0.449 e. The molecule has 0 spiro atoms. The molecule has 7 heteroatoms. The first-order chi connectivity index (χ1) is 11.3. The number of benzene rings is 2. The minimum absolute atomic E-state index is 0.158. The summed E-state index contributed by atoms with van der Waals surface area (Å²) in [6, 6.07) is 9.07. The Morgan fingerprint density at radius 1 is 1.25 bits per heavy atom. The van der Waals surface area contributed by atoms with Gasteiger partial charge in [0.2, 0.25) is 0 Å². The molecule has 2 rings (SSSR count). The van der Waals surface area contributed by atoms with Crippen molar-refractivity contribution in [3.8, 4) is 0 Å². The summed E-state index contributed by atoms with van der Waals surface area (Å²) in [5, 5.41) is 2.50. The van der Waals surface area contributed by atoms with Gasteiger partial charge in [0.15, 0.2) is 6.10 Å². The maximum atomic E-state index is 13.5. The van der Waals surface area contributed by atoms with E-state index < -0.39 is 23.8 Å². The molecule has 3 N–H and O–H groups in total. The molecule has 24 heavy (non-hydrogen) atoms. The minimum Gasteiger partial charge on any atom is -0.449 e. The lowest BCUT2D eigenvalue weighted by molar-refractivity contribution is -0.123. The predicted octanol–water partition coefficient (Wildman–Crippen LogP) is 3.66. The molecule has 5 nitrogen and oxygen atoms in total. The van der Waals surface area contributed by atoms with Crippen molar-refractivity contribution in [3.05, 3.63) is 57.8 Å². The summed E-state index contributed by atoms with van der Waals surface area (Å²) < 4.78 is 19.3. The van der Waals surface area contributed by atoms with E-state index in [1.807, 2.05) is 0 Å². The minimum atomic E-state index is -1.07. The van der Waals surface area contributed by atoms with Crippen molar-refractivity contribution in [2.45, 2.75) is 20.0 Å². The topological polar surface area (TPSA) is 81.4 Å². The fourth-order valence-corrected chi connectivity index (χ4v) is 2.26. The maximum Gasteiger partial charge on any atom is 0.341 e. The number of hydrogen-bond donors (Lipinski definition) is 2. The number of rotatable bonds is 4. The van der Waals surface area contributed by atoms with Gasteiger partial charge in [-0.3, -0.25) is 4.79 Å². The highest BCUT2D eigenvalue weighted by atomic mass is 79.9. The number of nitrogens with one attached hydrogen (secondary N) is 1. The van der Waals surface area contributed by atoms with Gasteiger partial charge in [-0.25, -0.2) is 9.18 Å². The Morgan fingerprint density at radius 2 is 1.96 bits per heavy atom. The molecule has 0 aromatic heterocycles. The molecule has 1 atom stereocenters. The first kappa shape index (κ1) is 17.9. The van der Waals surface area contributed by atoms with Crippen LogP contribution in [0.15, 0.2) is 40.9 Å². The Bertz CT molecular complexity index is 795. The van der Waals surface area contributed by atoms with Gasteiger partial charge in [-0.1, -0.05) is 22.0 Å². The number of halogens is 2. The summed E-state index contributed by atoms with van der Waals surface area (Å²) in [4.78, 5) is 24.2. The summed E-state index contributed by atoms with van der Waals surface area (Å²) in [5.41, 5.74) is 6.89. The van der Waals surface area contributed by atoms with Gasteiger partial charge in [0.05, 0.1) is 5.56 Å². The zero-order chi connectivity index (χ0) is 17.9. The van der Waals surface area contributed by atoms with Gasteiger partial charge in [0.25, 0.3) is 5.91 Å². The van der Waals surface area contributed by atoms with Crippen molar-refractivity contribution in [3.63, 3.8) is 0 Å². The van der Waals surface area contributed by atoms with Gasteiger partial charge in [0.1, 0.15) is 5.82 Å². The quantitative estimate of drug-likeness (QED) is 0.612. The van der Waals surface area contributed by atoms with Crippen LogP contribution in [0.25, 0.3) is 0 Å². The van der Waals surface area contributed by atoms with E-state index >= 15 is 0 Å². The first-order valence-corrected chi connectivity index (χ1v) is 7.90. The number of anilines is 2.